The van der Waals surface area contributed by atoms with E-state index in [-0.39, 0.29) is 24.3 Å². The number of hydrogen-bond donors (Lipinski definition) is 1. The minimum Gasteiger partial charge on any atom is -0.343 e. The number of nitrogens with one attached hydrogen (secondary N) is 1. The summed E-state index contributed by atoms with van der Waals surface area (Å²) in [7, 11) is 0. The fourth-order valence-electron chi connectivity index (χ4n) is 3.57. The van der Waals surface area contributed by atoms with Gasteiger partial charge in [-0.05, 0) is 45.8 Å². The van der Waals surface area contributed by atoms with Crippen molar-refractivity contribution in [3.63, 3.8) is 0 Å². The number of pyridine rings is 1. The molecule has 0 unspecified atom stereocenters. The fraction of sp³-hybridized carbons (Fsp3) is 0.174. The number of anilines is 1. The first-order chi connectivity index (χ1) is 14.1. The largest absolute Gasteiger partial charge is 0.343 e. The van der Waals surface area contributed by atoms with E-state index in [9.17, 15) is 9.59 Å². The van der Waals surface area contributed by atoms with E-state index >= 15 is 0 Å². The molecule has 1 aliphatic heterocycles. The van der Waals surface area contributed by atoms with E-state index in [2.05, 4.69) is 26.2 Å². The second-order valence-corrected chi connectivity index (χ2v) is 7.82. The molecule has 0 radical (unpaired) electrons. The van der Waals surface area contributed by atoms with Gasteiger partial charge in [0.2, 0.25) is 11.8 Å². The lowest BCUT2D eigenvalue weighted by Gasteiger charge is -2.21. The Balaban J connectivity index is 1.54. The smallest absolute Gasteiger partial charge is 0.227 e. The monoisotopic (exact) mass is 449 g/mol. The highest BCUT2D eigenvalue weighted by Gasteiger charge is 2.36. The Morgan fingerprint density at radius 1 is 1.03 bits per heavy atom. The standard InChI is InChI=1S/C23H20BrN3O2/c24-18-10-4-5-12-20(18)27-15-17(14-21(27)28)23(29)26-22(16-8-2-1-3-9-16)19-11-6-7-13-25-19/h1-13,17,22H,14-15H2,(H,26,29)/t17-,22-/m0/s1. The van der Waals surface area contributed by atoms with Crippen molar-refractivity contribution in [3.8, 4) is 0 Å². The Kier molecular flexibility index (Phi) is 5.71. The summed E-state index contributed by atoms with van der Waals surface area (Å²) in [6.45, 7) is 0.358. The van der Waals surface area contributed by atoms with Gasteiger partial charge >= 0.3 is 0 Å². The number of benzene rings is 2. The van der Waals surface area contributed by atoms with Gasteiger partial charge in [0.25, 0.3) is 0 Å². The average Bonchev–Trinajstić information content (AvgIpc) is 3.15. The maximum absolute atomic E-state index is 13.1. The van der Waals surface area contributed by atoms with Crippen molar-refractivity contribution in [2.24, 2.45) is 5.92 Å². The predicted octanol–water partition coefficient (Wildman–Crippen LogP) is 4.10. The molecule has 0 bridgehead atoms. The van der Waals surface area contributed by atoms with Crippen molar-refractivity contribution < 1.29 is 9.59 Å². The molecule has 6 heteroatoms. The van der Waals surface area contributed by atoms with E-state index in [4.69, 9.17) is 0 Å². The van der Waals surface area contributed by atoms with Crippen LogP contribution in [0.1, 0.15) is 23.7 Å². The summed E-state index contributed by atoms with van der Waals surface area (Å²) in [6, 6.07) is 22.6. The number of nitrogens with zero attached hydrogens (tertiary/aromatic N) is 2. The van der Waals surface area contributed by atoms with E-state index in [1.165, 1.54) is 0 Å². The van der Waals surface area contributed by atoms with Gasteiger partial charge in [0.05, 0.1) is 23.3 Å². The summed E-state index contributed by atoms with van der Waals surface area (Å²) >= 11 is 3.49. The van der Waals surface area contributed by atoms with Crippen LogP contribution < -0.4 is 10.2 Å². The number of aromatic nitrogens is 1. The van der Waals surface area contributed by atoms with Crippen molar-refractivity contribution >= 4 is 33.4 Å². The highest BCUT2D eigenvalue weighted by atomic mass is 79.9. The zero-order valence-electron chi connectivity index (χ0n) is 15.7. The van der Waals surface area contributed by atoms with E-state index in [0.29, 0.717) is 6.54 Å². The minimum atomic E-state index is -0.412. The summed E-state index contributed by atoms with van der Waals surface area (Å²) in [4.78, 5) is 31.8. The number of halogens is 1. The van der Waals surface area contributed by atoms with Crippen molar-refractivity contribution in [3.05, 3.63) is 94.7 Å². The predicted molar refractivity (Wildman–Crippen MR) is 115 cm³/mol. The Bertz CT molecular complexity index is 971. The van der Waals surface area contributed by atoms with Crippen molar-refractivity contribution in [2.75, 3.05) is 11.4 Å². The van der Waals surface area contributed by atoms with Crippen LogP contribution in [0.25, 0.3) is 0 Å². The SMILES string of the molecule is O=C(N[C@@H](c1ccccc1)c1ccccn1)[C@H]1CC(=O)N(c2ccccc2Br)C1. The average molecular weight is 450 g/mol. The number of para-hydroxylation sites is 1. The second-order valence-electron chi connectivity index (χ2n) is 6.96. The van der Waals surface area contributed by atoms with Crippen molar-refractivity contribution in [1.82, 2.24) is 10.3 Å². The van der Waals surface area contributed by atoms with E-state index < -0.39 is 5.92 Å². The number of rotatable bonds is 5. The normalized spacial score (nSPS) is 17.2. The van der Waals surface area contributed by atoms with Crippen LogP contribution in [0.5, 0.6) is 0 Å². The molecule has 4 rings (SSSR count). The first-order valence-corrected chi connectivity index (χ1v) is 10.2. The Morgan fingerprint density at radius 3 is 2.48 bits per heavy atom. The molecule has 5 nitrogen and oxygen atoms in total. The van der Waals surface area contributed by atoms with Gasteiger partial charge in [0.1, 0.15) is 0 Å². The zero-order chi connectivity index (χ0) is 20.2. The van der Waals surface area contributed by atoms with Crippen LogP contribution in [-0.2, 0) is 9.59 Å². The van der Waals surface area contributed by atoms with Gasteiger partial charge in [-0.2, -0.15) is 0 Å². The summed E-state index contributed by atoms with van der Waals surface area (Å²) < 4.78 is 0.838. The molecule has 2 aromatic carbocycles. The third-order valence-electron chi connectivity index (χ3n) is 5.04. The minimum absolute atomic E-state index is 0.0499. The lowest BCUT2D eigenvalue weighted by Crippen LogP contribution is -2.36. The molecule has 29 heavy (non-hydrogen) atoms. The Morgan fingerprint density at radius 2 is 1.76 bits per heavy atom. The van der Waals surface area contributed by atoms with Gasteiger partial charge in [0.15, 0.2) is 0 Å². The van der Waals surface area contributed by atoms with Gasteiger partial charge in [-0.1, -0.05) is 48.5 Å². The molecule has 2 atom stereocenters. The van der Waals surface area contributed by atoms with Gasteiger partial charge in [-0.25, -0.2) is 0 Å². The Labute approximate surface area is 177 Å². The summed E-state index contributed by atoms with van der Waals surface area (Å²) in [5, 5.41) is 3.11. The van der Waals surface area contributed by atoms with E-state index in [1.807, 2.05) is 72.8 Å². The quantitative estimate of drug-likeness (QED) is 0.637. The van der Waals surface area contributed by atoms with Gasteiger partial charge in [0, 0.05) is 23.6 Å². The molecule has 3 aromatic rings. The molecule has 1 aromatic heterocycles. The first-order valence-electron chi connectivity index (χ1n) is 9.44. The molecule has 0 spiro atoms. The molecular weight excluding hydrogens is 430 g/mol. The highest BCUT2D eigenvalue weighted by Crippen LogP contribution is 2.32. The third-order valence-corrected chi connectivity index (χ3v) is 5.71. The van der Waals surface area contributed by atoms with Crippen LogP contribution >= 0.6 is 15.9 Å². The topological polar surface area (TPSA) is 62.3 Å². The molecule has 1 aliphatic rings. The molecule has 0 saturated carbocycles. The number of carbonyl (C=O) groups is 2. The molecule has 146 valence electrons. The van der Waals surface area contributed by atoms with Crippen LogP contribution in [0.15, 0.2) is 83.5 Å². The third kappa shape index (κ3) is 4.22. The summed E-state index contributed by atoms with van der Waals surface area (Å²) in [5.41, 5.74) is 2.50. The van der Waals surface area contributed by atoms with Crippen LogP contribution in [-0.4, -0.2) is 23.3 Å². The second kappa shape index (κ2) is 8.57. The lowest BCUT2D eigenvalue weighted by atomic mass is 10.0. The molecule has 2 amide bonds. The highest BCUT2D eigenvalue weighted by molar-refractivity contribution is 9.10. The maximum atomic E-state index is 13.1. The number of carbonyl (C=O) groups excluding carboxylic acids is 2. The maximum Gasteiger partial charge on any atom is 0.227 e. The van der Waals surface area contributed by atoms with Gasteiger partial charge < -0.3 is 10.2 Å². The molecule has 1 saturated heterocycles. The molecule has 2 heterocycles. The Hall–Kier alpha value is -2.99. The molecule has 1 N–H and O–H groups in total. The number of hydrogen-bond acceptors (Lipinski definition) is 3. The first kappa shape index (κ1) is 19.3. The van der Waals surface area contributed by atoms with Gasteiger partial charge in [-0.3, -0.25) is 14.6 Å². The van der Waals surface area contributed by atoms with Crippen molar-refractivity contribution in [2.45, 2.75) is 12.5 Å². The summed E-state index contributed by atoms with van der Waals surface area (Å²) in [5.74, 6) is -0.608. The number of amides is 2. The summed E-state index contributed by atoms with van der Waals surface area (Å²) in [6.07, 6.45) is 1.90. The van der Waals surface area contributed by atoms with Gasteiger partial charge in [-0.15, -0.1) is 0 Å². The molecular formula is C23H20BrN3O2. The molecule has 1 fully saturated rings. The van der Waals surface area contributed by atoms with E-state index in [1.54, 1.807) is 11.1 Å². The van der Waals surface area contributed by atoms with Crippen LogP contribution in [0, 0.1) is 5.92 Å². The lowest BCUT2D eigenvalue weighted by molar-refractivity contribution is -0.126. The fourth-order valence-corrected chi connectivity index (χ4v) is 4.07. The van der Waals surface area contributed by atoms with E-state index in [0.717, 1.165) is 21.4 Å². The van der Waals surface area contributed by atoms with Crippen LogP contribution in [0.2, 0.25) is 0 Å². The van der Waals surface area contributed by atoms with Crippen LogP contribution in [0.4, 0.5) is 5.69 Å². The van der Waals surface area contributed by atoms with Crippen LogP contribution in [0.3, 0.4) is 0 Å². The zero-order valence-corrected chi connectivity index (χ0v) is 17.2. The van der Waals surface area contributed by atoms with Crippen molar-refractivity contribution in [1.29, 1.82) is 0 Å². The molecule has 0 aliphatic carbocycles.